The molecule has 2 aromatic rings. The highest BCUT2D eigenvalue weighted by Crippen LogP contribution is 2.28. The van der Waals surface area contributed by atoms with Crippen molar-refractivity contribution in [2.24, 2.45) is 0 Å². The molecule has 1 fully saturated rings. The number of phenolic OH excluding ortho intramolecular Hbond substituents is 1. The molecule has 128 valence electrons. The minimum absolute atomic E-state index is 0.000720. The van der Waals surface area contributed by atoms with Crippen molar-refractivity contribution in [3.05, 3.63) is 54.1 Å². The van der Waals surface area contributed by atoms with Crippen molar-refractivity contribution >= 4 is 29.2 Å². The van der Waals surface area contributed by atoms with Crippen LogP contribution in [-0.4, -0.2) is 34.0 Å². The number of aliphatic carboxylic acids is 1. The lowest BCUT2D eigenvalue weighted by Gasteiger charge is -2.16. The minimum atomic E-state index is -0.951. The Kier molecular flexibility index (Phi) is 4.38. The number of nitrogens with one attached hydrogen (secondary N) is 1. The lowest BCUT2D eigenvalue weighted by atomic mass is 10.1. The van der Waals surface area contributed by atoms with Gasteiger partial charge in [0.05, 0.1) is 24.2 Å². The summed E-state index contributed by atoms with van der Waals surface area (Å²) in [4.78, 5) is 36.6. The van der Waals surface area contributed by atoms with Crippen molar-refractivity contribution in [1.29, 1.82) is 0 Å². The van der Waals surface area contributed by atoms with Crippen molar-refractivity contribution in [2.75, 3.05) is 10.2 Å². The predicted molar refractivity (Wildman–Crippen MR) is 90.4 cm³/mol. The molecule has 0 radical (unpaired) electrons. The normalized spacial score (nSPS) is 17.0. The van der Waals surface area contributed by atoms with Crippen LogP contribution in [0.5, 0.6) is 5.75 Å². The molecule has 3 N–H and O–H groups in total. The van der Waals surface area contributed by atoms with E-state index in [1.165, 1.54) is 6.07 Å². The number of hydrogen-bond donors (Lipinski definition) is 3. The number of nitrogens with zero attached hydrogens (tertiary/aromatic N) is 1. The van der Waals surface area contributed by atoms with E-state index in [-0.39, 0.29) is 24.5 Å². The topological polar surface area (TPSA) is 107 Å². The van der Waals surface area contributed by atoms with Gasteiger partial charge in [-0.1, -0.05) is 24.3 Å². The first kappa shape index (κ1) is 16.5. The van der Waals surface area contributed by atoms with Gasteiger partial charge >= 0.3 is 5.97 Å². The summed E-state index contributed by atoms with van der Waals surface area (Å²) in [6.07, 6.45) is -0.149. The Hall–Kier alpha value is -3.35. The Morgan fingerprint density at radius 1 is 1.12 bits per heavy atom. The number of carbonyl (C=O) groups is 3. The molecule has 0 saturated carbocycles. The second-order valence-corrected chi connectivity index (χ2v) is 5.72. The second-order valence-electron chi connectivity index (χ2n) is 5.72. The van der Waals surface area contributed by atoms with E-state index < -0.39 is 17.9 Å². The molecule has 0 aromatic heterocycles. The Morgan fingerprint density at radius 3 is 2.44 bits per heavy atom. The number of carbonyl (C=O) groups excluding carboxylic acids is 2. The lowest BCUT2D eigenvalue weighted by Crippen LogP contribution is -2.34. The third-order valence-corrected chi connectivity index (χ3v) is 3.93. The number of aromatic hydroxyl groups is 1. The van der Waals surface area contributed by atoms with Crippen molar-refractivity contribution in [2.45, 2.75) is 18.9 Å². The second kappa shape index (κ2) is 6.64. The van der Waals surface area contributed by atoms with Gasteiger partial charge in [-0.15, -0.1) is 0 Å². The van der Waals surface area contributed by atoms with Gasteiger partial charge in [0.1, 0.15) is 11.8 Å². The molecule has 7 nitrogen and oxygen atoms in total. The zero-order valence-electron chi connectivity index (χ0n) is 13.2. The summed E-state index contributed by atoms with van der Waals surface area (Å²) in [6.45, 7) is 0. The minimum Gasteiger partial charge on any atom is -0.506 e. The zero-order chi connectivity index (χ0) is 18.0. The highest BCUT2D eigenvalue weighted by Gasteiger charge is 2.39. The van der Waals surface area contributed by atoms with Gasteiger partial charge in [-0.3, -0.25) is 14.4 Å². The first-order valence-corrected chi connectivity index (χ1v) is 7.68. The van der Waals surface area contributed by atoms with E-state index in [9.17, 15) is 19.5 Å². The fraction of sp³-hybridized carbons (Fsp3) is 0.167. The summed E-state index contributed by atoms with van der Waals surface area (Å²) in [5.74, 6) is -1.73. The summed E-state index contributed by atoms with van der Waals surface area (Å²) in [6, 6.07) is 12.0. The fourth-order valence-electron chi connectivity index (χ4n) is 2.74. The summed E-state index contributed by atoms with van der Waals surface area (Å²) in [5.41, 5.74) is 1.36. The van der Waals surface area contributed by atoms with E-state index in [0.717, 1.165) is 4.90 Å². The molecule has 1 heterocycles. The molecule has 0 spiro atoms. The quantitative estimate of drug-likeness (QED) is 0.566. The van der Waals surface area contributed by atoms with Gasteiger partial charge in [0, 0.05) is 0 Å². The number of para-hydroxylation sites is 2. The van der Waals surface area contributed by atoms with E-state index in [1.54, 1.807) is 42.5 Å². The first-order chi connectivity index (χ1) is 12.0. The molecule has 25 heavy (non-hydrogen) atoms. The van der Waals surface area contributed by atoms with E-state index in [2.05, 4.69) is 5.32 Å². The Bertz CT molecular complexity index is 832. The summed E-state index contributed by atoms with van der Waals surface area (Å²) in [5, 5.41) is 21.5. The van der Waals surface area contributed by atoms with Gasteiger partial charge in [0.15, 0.2) is 0 Å². The zero-order valence-corrected chi connectivity index (χ0v) is 13.2. The van der Waals surface area contributed by atoms with Crippen molar-refractivity contribution < 1.29 is 24.6 Å². The maximum absolute atomic E-state index is 12.6. The van der Waals surface area contributed by atoms with Crippen molar-refractivity contribution in [3.63, 3.8) is 0 Å². The van der Waals surface area contributed by atoms with Crippen LogP contribution in [0, 0.1) is 0 Å². The fourth-order valence-corrected chi connectivity index (χ4v) is 2.74. The van der Waals surface area contributed by atoms with Crippen LogP contribution in [0.15, 0.2) is 48.5 Å². The summed E-state index contributed by atoms with van der Waals surface area (Å²) >= 11 is 0. The van der Waals surface area contributed by atoms with E-state index in [4.69, 9.17) is 5.11 Å². The van der Waals surface area contributed by atoms with E-state index >= 15 is 0 Å². The molecule has 2 aromatic carbocycles. The van der Waals surface area contributed by atoms with Gasteiger partial charge in [0.25, 0.3) is 5.91 Å². The number of hydrogen-bond acceptors (Lipinski definition) is 5. The average molecular weight is 340 g/mol. The Balaban J connectivity index is 1.77. The molecule has 3 rings (SSSR count). The van der Waals surface area contributed by atoms with Crippen LogP contribution in [0.3, 0.4) is 0 Å². The van der Waals surface area contributed by atoms with Crippen molar-refractivity contribution in [1.82, 2.24) is 0 Å². The maximum atomic E-state index is 12.6. The maximum Gasteiger partial charge on any atom is 0.307 e. The number of anilines is 2. The number of benzene rings is 2. The summed E-state index contributed by atoms with van der Waals surface area (Å²) < 4.78 is 0. The highest BCUT2D eigenvalue weighted by molar-refractivity contribution is 6.23. The Morgan fingerprint density at radius 2 is 1.80 bits per heavy atom. The number of carboxylic acids is 1. The third-order valence-electron chi connectivity index (χ3n) is 3.93. The lowest BCUT2D eigenvalue weighted by molar-refractivity contribution is -0.136. The molecule has 0 bridgehead atoms. The standard InChI is InChI=1S/C18H16N2O5/c21-15-4-2-1-3-13(15)19-14-10-16(22)20(18(14)25)12-7-5-11(6-8-12)9-17(23)24/h1-8,14,19,21H,9-10H2,(H,23,24). The molecule has 1 atom stereocenters. The molecule has 7 heteroatoms. The molecule has 2 amide bonds. The molecule has 1 aliphatic heterocycles. The van der Waals surface area contributed by atoms with Crippen LogP contribution < -0.4 is 10.2 Å². The number of amides is 2. The van der Waals surface area contributed by atoms with Gasteiger partial charge in [0.2, 0.25) is 5.91 Å². The van der Waals surface area contributed by atoms with Gasteiger partial charge < -0.3 is 15.5 Å². The number of imide groups is 1. The molecular weight excluding hydrogens is 324 g/mol. The average Bonchev–Trinajstić information content (AvgIpc) is 2.84. The first-order valence-electron chi connectivity index (χ1n) is 7.68. The van der Waals surface area contributed by atoms with E-state index in [0.29, 0.717) is 16.9 Å². The van der Waals surface area contributed by atoms with E-state index in [1.807, 2.05) is 0 Å². The van der Waals surface area contributed by atoms with Crippen LogP contribution in [-0.2, 0) is 20.8 Å². The number of carboxylic acid groups (broad SMARTS) is 1. The number of phenols is 1. The summed E-state index contributed by atoms with van der Waals surface area (Å²) in [7, 11) is 0. The molecule has 1 saturated heterocycles. The highest BCUT2D eigenvalue weighted by atomic mass is 16.4. The van der Waals surface area contributed by atoms with Gasteiger partial charge in [-0.25, -0.2) is 4.90 Å². The van der Waals surface area contributed by atoms with Gasteiger partial charge in [-0.05, 0) is 29.8 Å². The predicted octanol–water partition coefficient (Wildman–Crippen LogP) is 1.76. The van der Waals surface area contributed by atoms with Crippen LogP contribution in [0.25, 0.3) is 0 Å². The van der Waals surface area contributed by atoms with Crippen LogP contribution in [0.4, 0.5) is 11.4 Å². The smallest absolute Gasteiger partial charge is 0.307 e. The Labute approximate surface area is 143 Å². The molecule has 0 aliphatic carbocycles. The molecule has 1 aliphatic rings. The van der Waals surface area contributed by atoms with Crippen LogP contribution in [0.2, 0.25) is 0 Å². The third kappa shape index (κ3) is 3.45. The largest absolute Gasteiger partial charge is 0.506 e. The van der Waals surface area contributed by atoms with Gasteiger partial charge in [-0.2, -0.15) is 0 Å². The number of rotatable bonds is 5. The SMILES string of the molecule is O=C(O)Cc1ccc(N2C(=O)CC(Nc3ccccc3O)C2=O)cc1. The van der Waals surface area contributed by atoms with Crippen LogP contribution >= 0.6 is 0 Å². The monoisotopic (exact) mass is 340 g/mol. The molecule has 1 unspecified atom stereocenters. The van der Waals surface area contributed by atoms with Crippen molar-refractivity contribution in [3.8, 4) is 5.75 Å². The molecular formula is C18H16N2O5. The van der Waals surface area contributed by atoms with Crippen LogP contribution in [0.1, 0.15) is 12.0 Å².